The Kier molecular flexibility index (Phi) is 3.78. The van der Waals surface area contributed by atoms with E-state index in [-0.39, 0.29) is 11.5 Å². The largest absolute Gasteiger partial charge is 0.369 e. The standard InChI is InChI=1S/C16H21BrN4/c1-16(2,3)9-12-14(17)15-19-8-6-13(21(15)20-12)11-5-4-7-18-10-11/h4-5,7,10,13,19H,6,8-9H2,1-3H3. The van der Waals surface area contributed by atoms with E-state index in [1.165, 1.54) is 5.56 Å². The number of hydrogen-bond acceptors (Lipinski definition) is 3. The van der Waals surface area contributed by atoms with Crippen molar-refractivity contribution in [2.24, 2.45) is 5.41 Å². The minimum Gasteiger partial charge on any atom is -0.369 e. The van der Waals surface area contributed by atoms with E-state index in [0.717, 1.165) is 35.4 Å². The lowest BCUT2D eigenvalue weighted by Crippen LogP contribution is -2.24. The third-order valence-electron chi connectivity index (χ3n) is 3.69. The summed E-state index contributed by atoms with van der Waals surface area (Å²) in [6, 6.07) is 4.39. The second kappa shape index (κ2) is 5.44. The number of hydrogen-bond donors (Lipinski definition) is 1. The van der Waals surface area contributed by atoms with Gasteiger partial charge in [-0.1, -0.05) is 26.8 Å². The second-order valence-corrected chi connectivity index (χ2v) is 7.60. The highest BCUT2D eigenvalue weighted by molar-refractivity contribution is 9.10. The Morgan fingerprint density at radius 3 is 2.90 bits per heavy atom. The molecule has 0 aliphatic carbocycles. The van der Waals surface area contributed by atoms with E-state index in [2.05, 4.69) is 57.8 Å². The van der Waals surface area contributed by atoms with Gasteiger partial charge in [-0.2, -0.15) is 5.10 Å². The zero-order valence-corrected chi connectivity index (χ0v) is 14.3. The summed E-state index contributed by atoms with van der Waals surface area (Å²) in [4.78, 5) is 4.25. The van der Waals surface area contributed by atoms with E-state index in [4.69, 9.17) is 5.10 Å². The molecule has 0 saturated heterocycles. The van der Waals surface area contributed by atoms with Crippen molar-refractivity contribution in [3.05, 3.63) is 40.3 Å². The molecule has 0 aromatic carbocycles. The quantitative estimate of drug-likeness (QED) is 0.890. The van der Waals surface area contributed by atoms with E-state index in [9.17, 15) is 0 Å². The number of anilines is 1. The molecule has 21 heavy (non-hydrogen) atoms. The SMILES string of the molecule is CC(C)(C)Cc1nn2c(c1Br)NCCC2c1cccnc1. The highest BCUT2D eigenvalue weighted by Crippen LogP contribution is 2.37. The second-order valence-electron chi connectivity index (χ2n) is 6.81. The molecular formula is C16H21BrN4. The first kappa shape index (κ1) is 14.6. The lowest BCUT2D eigenvalue weighted by molar-refractivity contribution is 0.398. The van der Waals surface area contributed by atoms with Crippen molar-refractivity contribution in [2.75, 3.05) is 11.9 Å². The third kappa shape index (κ3) is 2.98. The average molecular weight is 349 g/mol. The first-order chi connectivity index (χ1) is 9.96. The number of fused-ring (bicyclic) bond motifs is 1. The van der Waals surface area contributed by atoms with Gasteiger partial charge in [0.15, 0.2) is 0 Å². The van der Waals surface area contributed by atoms with Gasteiger partial charge in [-0.25, -0.2) is 4.68 Å². The van der Waals surface area contributed by atoms with Crippen LogP contribution < -0.4 is 5.32 Å². The highest BCUT2D eigenvalue weighted by Gasteiger charge is 2.28. The van der Waals surface area contributed by atoms with Crippen LogP contribution in [0.5, 0.6) is 0 Å². The molecule has 2 aromatic rings. The van der Waals surface area contributed by atoms with Crippen LogP contribution >= 0.6 is 15.9 Å². The maximum absolute atomic E-state index is 4.87. The Labute approximate surface area is 134 Å². The summed E-state index contributed by atoms with van der Waals surface area (Å²) >= 11 is 3.73. The molecule has 1 unspecified atom stereocenters. The van der Waals surface area contributed by atoms with Crippen molar-refractivity contribution in [3.8, 4) is 0 Å². The smallest absolute Gasteiger partial charge is 0.139 e. The summed E-state index contributed by atoms with van der Waals surface area (Å²) in [7, 11) is 0. The van der Waals surface area contributed by atoms with E-state index < -0.39 is 0 Å². The van der Waals surface area contributed by atoms with Crippen LogP contribution in [0.1, 0.15) is 44.5 Å². The lowest BCUT2D eigenvalue weighted by Gasteiger charge is -2.25. The lowest BCUT2D eigenvalue weighted by atomic mass is 9.91. The van der Waals surface area contributed by atoms with Crippen molar-refractivity contribution < 1.29 is 0 Å². The fourth-order valence-electron chi connectivity index (χ4n) is 2.79. The Balaban J connectivity index is 2.00. The topological polar surface area (TPSA) is 42.7 Å². The fraction of sp³-hybridized carbons (Fsp3) is 0.500. The van der Waals surface area contributed by atoms with Gasteiger partial charge in [0.05, 0.1) is 16.2 Å². The molecule has 1 aliphatic rings. The maximum Gasteiger partial charge on any atom is 0.139 e. The van der Waals surface area contributed by atoms with E-state index in [1.54, 1.807) is 0 Å². The third-order valence-corrected chi connectivity index (χ3v) is 4.52. The maximum atomic E-state index is 4.87. The fourth-order valence-corrected chi connectivity index (χ4v) is 3.33. The van der Waals surface area contributed by atoms with Crippen LogP contribution in [-0.4, -0.2) is 21.3 Å². The van der Waals surface area contributed by atoms with Gasteiger partial charge in [-0.15, -0.1) is 0 Å². The first-order valence-electron chi connectivity index (χ1n) is 7.36. The summed E-state index contributed by atoms with van der Waals surface area (Å²) in [6.45, 7) is 7.68. The Bertz CT molecular complexity index is 628. The number of aromatic nitrogens is 3. The van der Waals surface area contributed by atoms with Crippen LogP contribution in [0, 0.1) is 5.41 Å². The van der Waals surface area contributed by atoms with E-state index in [1.807, 2.05) is 18.5 Å². The van der Waals surface area contributed by atoms with Crippen molar-refractivity contribution in [1.29, 1.82) is 0 Å². The van der Waals surface area contributed by atoms with Gasteiger partial charge < -0.3 is 5.32 Å². The van der Waals surface area contributed by atoms with Crippen molar-refractivity contribution in [2.45, 2.75) is 39.7 Å². The van der Waals surface area contributed by atoms with Crippen LogP contribution in [0.2, 0.25) is 0 Å². The van der Waals surface area contributed by atoms with Crippen LogP contribution in [-0.2, 0) is 6.42 Å². The zero-order valence-electron chi connectivity index (χ0n) is 12.7. The predicted octanol–water partition coefficient (Wildman–Crippen LogP) is 4.03. The molecule has 0 saturated carbocycles. The monoisotopic (exact) mass is 348 g/mol. The molecule has 1 aliphatic heterocycles. The normalized spacial score (nSPS) is 18.2. The molecule has 5 heteroatoms. The summed E-state index contributed by atoms with van der Waals surface area (Å²) in [5, 5.41) is 8.34. The van der Waals surface area contributed by atoms with Gasteiger partial charge in [0.25, 0.3) is 0 Å². The minimum atomic E-state index is 0.219. The molecule has 2 aromatic heterocycles. The highest BCUT2D eigenvalue weighted by atomic mass is 79.9. The van der Waals surface area contributed by atoms with Crippen molar-refractivity contribution >= 4 is 21.7 Å². The van der Waals surface area contributed by atoms with Gasteiger partial charge in [0, 0.05) is 18.9 Å². The van der Waals surface area contributed by atoms with Crippen LogP contribution in [0.25, 0.3) is 0 Å². The number of nitrogens with zero attached hydrogens (tertiary/aromatic N) is 3. The van der Waals surface area contributed by atoms with Gasteiger partial charge >= 0.3 is 0 Å². The van der Waals surface area contributed by atoms with Crippen LogP contribution in [0.3, 0.4) is 0 Å². The van der Waals surface area contributed by atoms with Gasteiger partial charge in [-0.3, -0.25) is 4.98 Å². The number of nitrogens with one attached hydrogen (secondary N) is 1. The molecule has 0 amide bonds. The summed E-state index contributed by atoms with van der Waals surface area (Å²) < 4.78 is 3.22. The molecule has 112 valence electrons. The molecule has 4 nitrogen and oxygen atoms in total. The summed E-state index contributed by atoms with van der Waals surface area (Å²) in [5.74, 6) is 1.09. The minimum absolute atomic E-state index is 0.219. The molecule has 0 bridgehead atoms. The molecule has 1 N–H and O–H groups in total. The van der Waals surface area contributed by atoms with E-state index in [0.29, 0.717) is 0 Å². The molecule has 0 spiro atoms. The van der Waals surface area contributed by atoms with E-state index >= 15 is 0 Å². The molecule has 3 heterocycles. The molecule has 1 atom stereocenters. The number of rotatable bonds is 2. The van der Waals surface area contributed by atoms with Crippen LogP contribution in [0.15, 0.2) is 29.0 Å². The molecule has 3 rings (SSSR count). The van der Waals surface area contributed by atoms with Gasteiger partial charge in [-0.05, 0) is 45.8 Å². The molecule has 0 fully saturated rings. The summed E-state index contributed by atoms with van der Waals surface area (Å²) in [5.41, 5.74) is 2.56. The number of halogens is 1. The Hall–Kier alpha value is -1.36. The Morgan fingerprint density at radius 1 is 1.43 bits per heavy atom. The van der Waals surface area contributed by atoms with Crippen LogP contribution in [0.4, 0.5) is 5.82 Å². The number of pyridine rings is 1. The molecular weight excluding hydrogens is 328 g/mol. The first-order valence-corrected chi connectivity index (χ1v) is 8.16. The average Bonchev–Trinajstić information content (AvgIpc) is 2.75. The summed E-state index contributed by atoms with van der Waals surface area (Å²) in [6.07, 6.45) is 5.74. The Morgan fingerprint density at radius 2 is 2.24 bits per heavy atom. The zero-order chi connectivity index (χ0) is 15.0. The predicted molar refractivity (Wildman–Crippen MR) is 88.6 cm³/mol. The molecule has 0 radical (unpaired) electrons. The van der Waals surface area contributed by atoms with Gasteiger partial charge in [0.1, 0.15) is 5.82 Å². The van der Waals surface area contributed by atoms with Gasteiger partial charge in [0.2, 0.25) is 0 Å². The van der Waals surface area contributed by atoms with Crippen molar-refractivity contribution in [3.63, 3.8) is 0 Å². The van der Waals surface area contributed by atoms with Crippen molar-refractivity contribution in [1.82, 2.24) is 14.8 Å².